The quantitative estimate of drug-likeness (QED) is 0.450. The third-order valence-corrected chi connectivity index (χ3v) is 5.94. The lowest BCUT2D eigenvalue weighted by molar-refractivity contribution is -0.146. The van der Waals surface area contributed by atoms with Gasteiger partial charge in [-0.05, 0) is 31.0 Å². The molecule has 0 aromatic carbocycles. The molecule has 1 aromatic heterocycles. The minimum Gasteiger partial charge on any atom is -0.469 e. The number of likely N-dealkylation sites (N-methyl/N-ethyl adjacent to an activating group) is 1. The van der Waals surface area contributed by atoms with E-state index >= 15 is 0 Å². The number of ether oxygens (including phenoxy) is 1. The van der Waals surface area contributed by atoms with Gasteiger partial charge in [0.15, 0.2) is 5.96 Å². The standard InChI is InChI=1S/C21H34N6O2/c1-4-25-11-13-26(14-12-25)19-6-5-17(15-23-19)16-24-21(22-2)27-9-7-18(8-10-27)20(28)29-3/h5-6,15,18H,4,7-14,16H2,1-3H3,(H,22,24). The first-order chi connectivity index (χ1) is 14.1. The highest BCUT2D eigenvalue weighted by Crippen LogP contribution is 2.19. The van der Waals surface area contributed by atoms with E-state index in [1.807, 2.05) is 6.20 Å². The van der Waals surface area contributed by atoms with Crippen LogP contribution in [0, 0.1) is 5.92 Å². The van der Waals surface area contributed by atoms with Crippen LogP contribution in [0.15, 0.2) is 23.3 Å². The zero-order chi connectivity index (χ0) is 20.6. The van der Waals surface area contributed by atoms with Gasteiger partial charge in [0.1, 0.15) is 5.82 Å². The van der Waals surface area contributed by atoms with E-state index in [1.54, 1.807) is 7.05 Å². The van der Waals surface area contributed by atoms with E-state index in [2.05, 4.69) is 49.0 Å². The Bertz CT molecular complexity index is 677. The Balaban J connectivity index is 1.47. The maximum absolute atomic E-state index is 11.7. The summed E-state index contributed by atoms with van der Waals surface area (Å²) >= 11 is 0. The van der Waals surface area contributed by atoms with Crippen molar-refractivity contribution in [1.29, 1.82) is 0 Å². The fourth-order valence-corrected chi connectivity index (χ4v) is 4.01. The third-order valence-electron chi connectivity index (χ3n) is 5.94. The van der Waals surface area contributed by atoms with Gasteiger partial charge in [-0.2, -0.15) is 0 Å². The van der Waals surface area contributed by atoms with E-state index in [9.17, 15) is 4.79 Å². The van der Waals surface area contributed by atoms with Gasteiger partial charge >= 0.3 is 5.97 Å². The third kappa shape index (κ3) is 5.59. The summed E-state index contributed by atoms with van der Waals surface area (Å²) in [5, 5.41) is 3.43. The first-order valence-electron chi connectivity index (χ1n) is 10.6. The second-order valence-corrected chi connectivity index (χ2v) is 7.63. The number of piperidine rings is 1. The number of guanidine groups is 1. The number of anilines is 1. The van der Waals surface area contributed by atoms with Crippen molar-refractivity contribution in [2.24, 2.45) is 10.9 Å². The summed E-state index contributed by atoms with van der Waals surface area (Å²) in [6.45, 7) is 9.90. The number of nitrogens with zero attached hydrogens (tertiary/aromatic N) is 5. The molecule has 0 bridgehead atoms. The number of carbonyl (C=O) groups is 1. The largest absolute Gasteiger partial charge is 0.469 e. The van der Waals surface area contributed by atoms with Crippen molar-refractivity contribution in [3.8, 4) is 0 Å². The van der Waals surface area contributed by atoms with Gasteiger partial charge in [-0.1, -0.05) is 13.0 Å². The summed E-state index contributed by atoms with van der Waals surface area (Å²) in [4.78, 5) is 27.8. The summed E-state index contributed by atoms with van der Waals surface area (Å²) in [5.41, 5.74) is 1.13. The van der Waals surface area contributed by atoms with E-state index in [0.717, 1.165) is 76.0 Å². The molecule has 8 nitrogen and oxygen atoms in total. The summed E-state index contributed by atoms with van der Waals surface area (Å²) in [6.07, 6.45) is 3.55. The lowest BCUT2D eigenvalue weighted by Crippen LogP contribution is -2.46. The molecule has 2 saturated heterocycles. The molecule has 2 fully saturated rings. The highest BCUT2D eigenvalue weighted by Gasteiger charge is 2.27. The lowest BCUT2D eigenvalue weighted by atomic mass is 9.97. The number of hydrogen-bond donors (Lipinski definition) is 1. The molecular weight excluding hydrogens is 368 g/mol. The number of carbonyl (C=O) groups excluding carboxylic acids is 1. The molecule has 1 N–H and O–H groups in total. The topological polar surface area (TPSA) is 73.3 Å². The van der Waals surface area contributed by atoms with Crippen LogP contribution in [0.4, 0.5) is 5.82 Å². The average Bonchev–Trinajstić information content (AvgIpc) is 2.80. The number of methoxy groups -OCH3 is 1. The molecule has 0 amide bonds. The predicted molar refractivity (Wildman–Crippen MR) is 115 cm³/mol. The molecule has 0 saturated carbocycles. The first kappa shape index (κ1) is 21.4. The second kappa shape index (κ2) is 10.4. The molecule has 0 aliphatic carbocycles. The van der Waals surface area contributed by atoms with Crippen LogP contribution in [0.25, 0.3) is 0 Å². The Morgan fingerprint density at radius 2 is 1.93 bits per heavy atom. The fourth-order valence-electron chi connectivity index (χ4n) is 4.01. The monoisotopic (exact) mass is 402 g/mol. The van der Waals surface area contributed by atoms with Crippen LogP contribution in [0.2, 0.25) is 0 Å². The molecule has 160 valence electrons. The minimum absolute atomic E-state index is 0.00490. The number of aliphatic imine (C=N–C) groups is 1. The van der Waals surface area contributed by atoms with Crippen molar-refractivity contribution >= 4 is 17.7 Å². The van der Waals surface area contributed by atoms with Crippen LogP contribution in [0.3, 0.4) is 0 Å². The van der Waals surface area contributed by atoms with Gasteiger partial charge in [-0.3, -0.25) is 9.79 Å². The molecule has 0 unspecified atom stereocenters. The van der Waals surface area contributed by atoms with Crippen molar-refractivity contribution < 1.29 is 9.53 Å². The predicted octanol–water partition coefficient (Wildman–Crippen LogP) is 1.18. The molecule has 0 radical (unpaired) electrons. The SMILES string of the molecule is CCN1CCN(c2ccc(CNC(=NC)N3CCC(C(=O)OC)CC3)cn2)CC1. The molecular formula is C21H34N6O2. The molecule has 3 heterocycles. The average molecular weight is 403 g/mol. The van der Waals surface area contributed by atoms with Crippen LogP contribution in [0.1, 0.15) is 25.3 Å². The summed E-state index contributed by atoms with van der Waals surface area (Å²) < 4.78 is 4.87. The number of rotatable bonds is 5. The molecule has 2 aliphatic rings. The maximum Gasteiger partial charge on any atom is 0.308 e. The highest BCUT2D eigenvalue weighted by molar-refractivity contribution is 5.80. The maximum atomic E-state index is 11.7. The molecule has 3 rings (SSSR count). The Kier molecular flexibility index (Phi) is 7.69. The van der Waals surface area contributed by atoms with E-state index < -0.39 is 0 Å². The number of piperazine rings is 1. The highest BCUT2D eigenvalue weighted by atomic mass is 16.5. The van der Waals surface area contributed by atoms with Gasteiger partial charge in [-0.15, -0.1) is 0 Å². The smallest absolute Gasteiger partial charge is 0.308 e. The second-order valence-electron chi connectivity index (χ2n) is 7.63. The zero-order valence-electron chi connectivity index (χ0n) is 17.9. The van der Waals surface area contributed by atoms with Crippen LogP contribution in [-0.2, 0) is 16.1 Å². The van der Waals surface area contributed by atoms with Crippen molar-refractivity contribution in [2.45, 2.75) is 26.3 Å². The normalized spacial score (nSPS) is 19.3. The van der Waals surface area contributed by atoms with Gasteiger partial charge in [0.2, 0.25) is 0 Å². The van der Waals surface area contributed by atoms with Gasteiger partial charge in [0.05, 0.1) is 13.0 Å². The van der Waals surface area contributed by atoms with E-state index in [-0.39, 0.29) is 11.9 Å². The van der Waals surface area contributed by atoms with E-state index in [1.165, 1.54) is 7.11 Å². The summed E-state index contributed by atoms with van der Waals surface area (Å²) in [6, 6.07) is 4.25. The van der Waals surface area contributed by atoms with Crippen LogP contribution >= 0.6 is 0 Å². The molecule has 2 aliphatic heterocycles. The molecule has 0 spiro atoms. The van der Waals surface area contributed by atoms with Crippen LogP contribution < -0.4 is 10.2 Å². The number of esters is 1. The minimum atomic E-state index is -0.102. The van der Waals surface area contributed by atoms with Crippen molar-refractivity contribution in [1.82, 2.24) is 20.1 Å². The van der Waals surface area contributed by atoms with Gasteiger partial charge in [-0.25, -0.2) is 4.98 Å². The Labute approximate surface area is 173 Å². The van der Waals surface area contributed by atoms with E-state index in [0.29, 0.717) is 6.54 Å². The van der Waals surface area contributed by atoms with Crippen molar-refractivity contribution in [3.63, 3.8) is 0 Å². The fraction of sp³-hybridized carbons (Fsp3) is 0.667. The number of likely N-dealkylation sites (tertiary alicyclic amines) is 1. The Morgan fingerprint density at radius 3 is 2.48 bits per heavy atom. The number of hydrogen-bond acceptors (Lipinski definition) is 6. The van der Waals surface area contributed by atoms with E-state index in [4.69, 9.17) is 4.74 Å². The zero-order valence-corrected chi connectivity index (χ0v) is 17.9. The van der Waals surface area contributed by atoms with Crippen LogP contribution in [0.5, 0.6) is 0 Å². The van der Waals surface area contributed by atoms with Crippen molar-refractivity contribution in [2.75, 3.05) is 64.9 Å². The summed E-state index contributed by atoms with van der Waals surface area (Å²) in [7, 11) is 3.26. The van der Waals surface area contributed by atoms with Gasteiger partial charge in [0.25, 0.3) is 0 Å². The Morgan fingerprint density at radius 1 is 1.21 bits per heavy atom. The molecule has 8 heteroatoms. The lowest BCUT2D eigenvalue weighted by Gasteiger charge is -2.34. The molecule has 1 aromatic rings. The number of pyridine rings is 1. The van der Waals surface area contributed by atoms with Gasteiger partial charge < -0.3 is 24.8 Å². The van der Waals surface area contributed by atoms with Gasteiger partial charge in [0, 0.05) is 59.1 Å². The first-order valence-corrected chi connectivity index (χ1v) is 10.6. The molecule has 29 heavy (non-hydrogen) atoms. The molecule has 0 atom stereocenters. The number of nitrogens with one attached hydrogen (secondary N) is 1. The Hall–Kier alpha value is -2.35. The summed E-state index contributed by atoms with van der Waals surface area (Å²) in [5.74, 6) is 1.83. The number of aromatic nitrogens is 1. The van der Waals surface area contributed by atoms with Crippen molar-refractivity contribution in [3.05, 3.63) is 23.9 Å². The van der Waals surface area contributed by atoms with Crippen LogP contribution in [-0.4, -0.2) is 86.7 Å².